The van der Waals surface area contributed by atoms with E-state index in [4.69, 9.17) is 16.2 Å². The van der Waals surface area contributed by atoms with Crippen molar-refractivity contribution in [2.24, 2.45) is 0 Å². The van der Waals surface area contributed by atoms with E-state index in [1.165, 1.54) is 12.1 Å². The van der Waals surface area contributed by atoms with Gasteiger partial charge in [-0.1, -0.05) is 11.6 Å². The van der Waals surface area contributed by atoms with Crippen LogP contribution in [0.15, 0.2) is 18.3 Å². The predicted octanol–water partition coefficient (Wildman–Crippen LogP) is 0.792. The molecule has 0 bridgehead atoms. The van der Waals surface area contributed by atoms with E-state index < -0.39 is 10.3 Å². The fourth-order valence-corrected chi connectivity index (χ4v) is 1.43. The van der Waals surface area contributed by atoms with E-state index in [-0.39, 0.29) is 5.15 Å². The first-order valence-corrected chi connectivity index (χ1v) is 4.10. The molecule has 10 heavy (non-hydrogen) atoms. The Kier molecular flexibility index (Phi) is 1.72. The summed E-state index contributed by atoms with van der Waals surface area (Å²) < 4.78 is 29.7. The van der Waals surface area contributed by atoms with Crippen molar-refractivity contribution in [3.63, 3.8) is 0 Å². The van der Waals surface area contributed by atoms with Gasteiger partial charge in [0.25, 0.3) is 0 Å². The van der Waals surface area contributed by atoms with E-state index in [9.17, 15) is 8.42 Å². The molecule has 0 saturated carbocycles. The summed E-state index contributed by atoms with van der Waals surface area (Å²) in [7, 11) is -4.21. The number of halogens is 1. The molecule has 6 heteroatoms. The van der Waals surface area contributed by atoms with Crippen molar-refractivity contribution in [3.05, 3.63) is 23.5 Å². The molecule has 1 aromatic heterocycles. The van der Waals surface area contributed by atoms with E-state index in [2.05, 4.69) is 0 Å². The normalized spacial score (nSPS) is 11.8. The number of nitrogens with zero attached hydrogens (tertiary/aromatic N) is 1. The number of aromatic nitrogens is 1. The van der Waals surface area contributed by atoms with Crippen LogP contribution in [0.3, 0.4) is 0 Å². The molecule has 0 aliphatic carbocycles. The molecule has 0 aliphatic rings. The summed E-state index contributed by atoms with van der Waals surface area (Å²) >= 11 is 5.35. The molecule has 0 unspecified atom stereocenters. The summed E-state index contributed by atoms with van der Waals surface area (Å²) in [5.74, 6) is 0. The standard InChI is InChI=1S/C4H4ClNO3S/c5-4-2-1-3-6(4)10(7,8)9/h1-3H,(H,7,8,9). The van der Waals surface area contributed by atoms with Gasteiger partial charge in [0.2, 0.25) is 0 Å². The average molecular weight is 182 g/mol. The molecule has 0 aromatic carbocycles. The highest BCUT2D eigenvalue weighted by molar-refractivity contribution is 7.84. The third-order valence-corrected chi connectivity index (χ3v) is 2.14. The average Bonchev–Trinajstić information content (AvgIpc) is 2.11. The molecular weight excluding hydrogens is 178 g/mol. The molecule has 56 valence electrons. The van der Waals surface area contributed by atoms with Gasteiger partial charge in [-0.2, -0.15) is 8.42 Å². The third-order valence-electron chi connectivity index (χ3n) is 0.914. The van der Waals surface area contributed by atoms with Gasteiger partial charge in [0.05, 0.1) is 0 Å². The number of hydrogen-bond acceptors (Lipinski definition) is 2. The van der Waals surface area contributed by atoms with Gasteiger partial charge in [-0.15, -0.1) is 0 Å². The Morgan fingerprint density at radius 1 is 1.60 bits per heavy atom. The van der Waals surface area contributed by atoms with Crippen molar-refractivity contribution in [2.45, 2.75) is 0 Å². The summed E-state index contributed by atoms with van der Waals surface area (Å²) in [4.78, 5) is 0. The van der Waals surface area contributed by atoms with Crippen molar-refractivity contribution >= 4 is 21.9 Å². The Bertz CT molecular complexity index is 328. The summed E-state index contributed by atoms with van der Waals surface area (Å²) in [6.45, 7) is 0. The van der Waals surface area contributed by atoms with Crippen molar-refractivity contribution < 1.29 is 13.0 Å². The third kappa shape index (κ3) is 1.31. The zero-order valence-electron chi connectivity index (χ0n) is 4.73. The minimum Gasteiger partial charge on any atom is -0.269 e. The van der Waals surface area contributed by atoms with Crippen LogP contribution in [0, 0.1) is 0 Å². The summed E-state index contributed by atoms with van der Waals surface area (Å²) in [6.07, 6.45) is 1.15. The fourth-order valence-electron chi connectivity index (χ4n) is 0.532. The van der Waals surface area contributed by atoms with Crippen molar-refractivity contribution in [3.8, 4) is 0 Å². The predicted molar refractivity (Wildman–Crippen MR) is 36.4 cm³/mol. The van der Waals surface area contributed by atoms with Crippen molar-refractivity contribution in [1.29, 1.82) is 0 Å². The monoisotopic (exact) mass is 181 g/mol. The van der Waals surface area contributed by atoms with Crippen LogP contribution in [0.5, 0.6) is 0 Å². The highest BCUT2D eigenvalue weighted by Gasteiger charge is 2.08. The molecule has 1 N–H and O–H groups in total. The highest BCUT2D eigenvalue weighted by Crippen LogP contribution is 2.10. The second-order valence-corrected chi connectivity index (χ2v) is 3.28. The maximum atomic E-state index is 10.3. The second kappa shape index (κ2) is 2.26. The highest BCUT2D eigenvalue weighted by atomic mass is 35.5. The van der Waals surface area contributed by atoms with Crippen LogP contribution in [-0.2, 0) is 10.3 Å². The Morgan fingerprint density at radius 3 is 2.40 bits per heavy atom. The van der Waals surface area contributed by atoms with Gasteiger partial charge in [-0.05, 0) is 12.1 Å². The maximum absolute atomic E-state index is 10.3. The fraction of sp³-hybridized carbons (Fsp3) is 0. The SMILES string of the molecule is O=S(=O)(O)n1cccc1Cl. The lowest BCUT2D eigenvalue weighted by molar-refractivity contribution is 0.473. The molecule has 1 rings (SSSR count). The molecule has 4 nitrogen and oxygen atoms in total. The minimum atomic E-state index is -4.21. The van der Waals surface area contributed by atoms with E-state index in [1.807, 2.05) is 0 Å². The maximum Gasteiger partial charge on any atom is 0.364 e. The summed E-state index contributed by atoms with van der Waals surface area (Å²) in [6, 6.07) is 2.77. The first-order valence-electron chi connectivity index (χ1n) is 2.32. The lowest BCUT2D eigenvalue weighted by Crippen LogP contribution is -2.08. The number of hydrogen-bond donors (Lipinski definition) is 1. The summed E-state index contributed by atoms with van der Waals surface area (Å²) in [5, 5.41) is -0.0394. The van der Waals surface area contributed by atoms with Crippen LogP contribution in [-0.4, -0.2) is 16.9 Å². The molecule has 0 spiro atoms. The molecule has 0 saturated heterocycles. The van der Waals surface area contributed by atoms with E-state index in [1.54, 1.807) is 0 Å². The van der Waals surface area contributed by atoms with E-state index >= 15 is 0 Å². The zero-order chi connectivity index (χ0) is 7.78. The Hall–Kier alpha value is -0.520. The number of rotatable bonds is 1. The van der Waals surface area contributed by atoms with Crippen LogP contribution < -0.4 is 0 Å². The van der Waals surface area contributed by atoms with Gasteiger partial charge in [0.1, 0.15) is 5.15 Å². The molecule has 1 aromatic rings. The van der Waals surface area contributed by atoms with E-state index in [0.29, 0.717) is 3.97 Å². The lowest BCUT2D eigenvalue weighted by atomic mass is 10.7. The molecule has 0 atom stereocenters. The Morgan fingerprint density at radius 2 is 2.20 bits per heavy atom. The molecule has 0 amide bonds. The molecular formula is C4H4ClNO3S. The van der Waals surface area contributed by atoms with Crippen LogP contribution in [0.25, 0.3) is 0 Å². The molecule has 0 radical (unpaired) electrons. The van der Waals surface area contributed by atoms with Crippen molar-refractivity contribution in [2.75, 3.05) is 0 Å². The summed E-state index contributed by atoms with van der Waals surface area (Å²) in [5.41, 5.74) is 0. The lowest BCUT2D eigenvalue weighted by Gasteiger charge is -1.96. The van der Waals surface area contributed by atoms with Gasteiger partial charge in [0, 0.05) is 6.20 Å². The van der Waals surface area contributed by atoms with Crippen LogP contribution in [0.4, 0.5) is 0 Å². The Balaban J connectivity index is 3.32. The van der Waals surface area contributed by atoms with Gasteiger partial charge < -0.3 is 0 Å². The van der Waals surface area contributed by atoms with Gasteiger partial charge in [0.15, 0.2) is 0 Å². The smallest absolute Gasteiger partial charge is 0.269 e. The quantitative estimate of drug-likeness (QED) is 0.652. The molecule has 1 heterocycles. The van der Waals surface area contributed by atoms with Crippen LogP contribution in [0.2, 0.25) is 5.15 Å². The van der Waals surface area contributed by atoms with Gasteiger partial charge in [-0.3, -0.25) is 4.55 Å². The van der Waals surface area contributed by atoms with Crippen LogP contribution >= 0.6 is 11.6 Å². The first-order chi connectivity index (χ1) is 4.52. The van der Waals surface area contributed by atoms with Gasteiger partial charge in [-0.25, -0.2) is 3.97 Å². The van der Waals surface area contributed by atoms with Gasteiger partial charge >= 0.3 is 10.3 Å². The van der Waals surface area contributed by atoms with Crippen molar-refractivity contribution in [1.82, 2.24) is 3.97 Å². The minimum absolute atomic E-state index is 0.0394. The topological polar surface area (TPSA) is 59.3 Å². The van der Waals surface area contributed by atoms with E-state index in [0.717, 1.165) is 6.20 Å². The Labute approximate surface area is 62.9 Å². The largest absolute Gasteiger partial charge is 0.364 e. The molecule has 0 fully saturated rings. The first kappa shape index (κ1) is 7.59. The second-order valence-electron chi connectivity index (χ2n) is 1.60. The zero-order valence-corrected chi connectivity index (χ0v) is 6.30. The van der Waals surface area contributed by atoms with Crippen LogP contribution in [0.1, 0.15) is 0 Å². The molecule has 0 aliphatic heterocycles.